The molecule has 4 aromatic carbocycles. The van der Waals surface area contributed by atoms with Gasteiger partial charge in [-0.25, -0.2) is 19.1 Å². The zero-order chi connectivity index (χ0) is 53.5. The van der Waals surface area contributed by atoms with E-state index in [0.29, 0.717) is 49.1 Å². The molecule has 2 fully saturated rings. The van der Waals surface area contributed by atoms with Gasteiger partial charge < -0.3 is 35.7 Å². The number of H-pyrrole nitrogens is 1. The van der Waals surface area contributed by atoms with Crippen LogP contribution in [0.4, 0.5) is 11.4 Å². The number of carbonyl (C=O) groups is 5. The van der Waals surface area contributed by atoms with Gasteiger partial charge in [0.25, 0.3) is 23.6 Å². The first kappa shape index (κ1) is 52.8. The number of benzene rings is 4. The first-order valence-corrected chi connectivity index (χ1v) is 25.9. The number of aromatic amines is 1. The Morgan fingerprint density at radius 1 is 0.584 bits per heavy atom. The maximum atomic E-state index is 13.6. The van der Waals surface area contributed by atoms with Crippen LogP contribution in [0.5, 0.6) is 5.88 Å². The molecule has 4 amide bonds. The molecule has 396 valence electrons. The highest BCUT2D eigenvalue weighted by Crippen LogP contribution is 2.29. The molecule has 0 unspecified atom stereocenters. The van der Waals surface area contributed by atoms with Gasteiger partial charge in [0.05, 0.1) is 44.0 Å². The molecule has 10 rings (SSSR count). The lowest BCUT2D eigenvalue weighted by molar-refractivity contribution is -0.143. The van der Waals surface area contributed by atoms with E-state index in [1.54, 1.807) is 52.4 Å². The van der Waals surface area contributed by atoms with Crippen molar-refractivity contribution in [1.29, 1.82) is 0 Å². The van der Waals surface area contributed by atoms with Gasteiger partial charge in [-0.1, -0.05) is 110 Å². The number of methoxy groups -OCH3 is 1. The third-order valence-corrected chi connectivity index (χ3v) is 14.0. The third-order valence-electron chi connectivity index (χ3n) is 14.0. The van der Waals surface area contributed by atoms with E-state index in [9.17, 15) is 28.8 Å². The highest BCUT2D eigenvalue weighted by atomic mass is 16.6. The number of hydrogen-bond acceptors (Lipinski definition) is 13. The number of pyridine rings is 2. The average Bonchev–Trinajstić information content (AvgIpc) is 4.21. The Kier molecular flexibility index (Phi) is 17.4. The molecular formula is C57H60N12O8. The van der Waals surface area contributed by atoms with Crippen LogP contribution in [0, 0.1) is 11.8 Å². The largest absolute Gasteiger partial charge is 0.466 e. The van der Waals surface area contributed by atoms with E-state index < -0.39 is 23.3 Å². The summed E-state index contributed by atoms with van der Waals surface area (Å²) in [7, 11) is 1.26. The zero-order valence-electron chi connectivity index (χ0n) is 42.7. The van der Waals surface area contributed by atoms with Crippen molar-refractivity contribution in [1.82, 2.24) is 50.6 Å². The van der Waals surface area contributed by atoms with Crippen molar-refractivity contribution in [2.45, 2.75) is 77.3 Å². The fourth-order valence-corrected chi connectivity index (χ4v) is 9.93. The molecule has 2 aliphatic carbocycles. The van der Waals surface area contributed by atoms with E-state index in [2.05, 4.69) is 56.6 Å². The Labute approximate surface area is 443 Å². The van der Waals surface area contributed by atoms with E-state index >= 15 is 0 Å². The molecule has 0 atom stereocenters. The van der Waals surface area contributed by atoms with E-state index in [4.69, 9.17) is 4.74 Å². The lowest BCUT2D eigenvalue weighted by Crippen LogP contribution is -2.32. The van der Waals surface area contributed by atoms with Crippen LogP contribution in [-0.4, -0.2) is 96.4 Å². The van der Waals surface area contributed by atoms with Crippen LogP contribution in [0.2, 0.25) is 0 Å². The number of aromatic nitrogens is 8. The van der Waals surface area contributed by atoms with Gasteiger partial charge >= 0.3 is 5.97 Å². The Bertz CT molecular complexity index is 3420. The molecule has 8 aromatic rings. The zero-order valence-corrected chi connectivity index (χ0v) is 42.7. The van der Waals surface area contributed by atoms with Crippen molar-refractivity contribution >= 4 is 62.5 Å². The molecule has 20 heteroatoms. The summed E-state index contributed by atoms with van der Waals surface area (Å²) < 4.78 is 13.5. The number of ether oxygens (including phenoxy) is 2. The Morgan fingerprint density at radius 2 is 1.09 bits per heavy atom. The molecular weight excluding hydrogens is 981 g/mol. The number of rotatable bonds is 17. The van der Waals surface area contributed by atoms with E-state index in [1.165, 1.54) is 51.0 Å². The van der Waals surface area contributed by atoms with Gasteiger partial charge in [0.15, 0.2) is 12.3 Å². The maximum Gasteiger partial charge on any atom is 0.343 e. The van der Waals surface area contributed by atoms with Crippen LogP contribution in [0.25, 0.3) is 21.5 Å². The summed E-state index contributed by atoms with van der Waals surface area (Å²) in [5, 5.41) is 30.8. The molecule has 0 saturated heterocycles. The summed E-state index contributed by atoms with van der Waals surface area (Å²) in [6.45, 7) is 1.75. The minimum Gasteiger partial charge on any atom is -0.466 e. The average molecular weight is 1040 g/mol. The monoisotopic (exact) mass is 1040 g/mol. The summed E-state index contributed by atoms with van der Waals surface area (Å²) in [6, 6.07) is 28.4. The van der Waals surface area contributed by atoms with Gasteiger partial charge in [-0.3, -0.25) is 24.0 Å². The normalized spacial score (nSPS) is 13.7. The van der Waals surface area contributed by atoms with Crippen LogP contribution in [0.3, 0.4) is 0 Å². The SMILES string of the molecule is COC(=O)COc1ccc(NC(=O)c2ccc(Cn3ccnn3)c3ccccc23)c(C(=O)NCC2CCCCC2)n1.O=C(NCC1CCCCC1)c1[nH]c(=O)ccc1NC(=O)c1ccc(Cn2ccnn2)c2ccccc12. The van der Waals surface area contributed by atoms with E-state index in [-0.39, 0.29) is 47.1 Å². The molecule has 2 aliphatic rings. The van der Waals surface area contributed by atoms with Crippen LogP contribution >= 0.6 is 0 Å². The summed E-state index contributed by atoms with van der Waals surface area (Å²) in [5.41, 5.74) is 3.05. The topological polar surface area (TPSA) is 259 Å². The molecule has 0 aliphatic heterocycles. The third kappa shape index (κ3) is 13.6. The van der Waals surface area contributed by atoms with Crippen molar-refractivity contribution in [3.63, 3.8) is 0 Å². The summed E-state index contributed by atoms with van der Waals surface area (Å²) in [4.78, 5) is 83.7. The smallest absolute Gasteiger partial charge is 0.343 e. The standard InChI is InChI=1S/C30H32N6O5.C27H28N6O3/c1-40-27(37)19-41-26-14-13-25(28(34-26)30(39)31-17-20-7-3-2-4-8-20)33-29(38)24-12-11-21(18-36-16-15-32-35-36)22-9-5-6-10-23(22)24;34-24-13-12-23(25(31-24)27(36)28-16-18-6-2-1-3-7-18)30-26(35)22-11-10-19(17-33-15-14-29-32-33)20-8-4-5-9-21(20)22/h5-6,9-16,20H,2-4,7-8,17-19H2,1H3,(H,31,39)(H,33,38);4-5,8-15,18H,1-3,6-7,16-17H2,(H,28,36)(H,30,35)(H,31,34). The maximum absolute atomic E-state index is 13.6. The molecule has 0 spiro atoms. The Hall–Kier alpha value is -9.07. The molecule has 0 bridgehead atoms. The lowest BCUT2D eigenvalue weighted by Gasteiger charge is -2.22. The minimum atomic E-state index is -0.577. The number of carbonyl (C=O) groups excluding carboxylic acids is 5. The van der Waals surface area contributed by atoms with Gasteiger partial charge in [-0.2, -0.15) is 0 Å². The highest BCUT2D eigenvalue weighted by Gasteiger charge is 2.23. The van der Waals surface area contributed by atoms with E-state index in [0.717, 1.165) is 71.2 Å². The number of hydrogen-bond donors (Lipinski definition) is 5. The minimum absolute atomic E-state index is 0.00336. The summed E-state index contributed by atoms with van der Waals surface area (Å²) in [6.07, 6.45) is 18.2. The predicted molar refractivity (Wildman–Crippen MR) is 289 cm³/mol. The lowest BCUT2D eigenvalue weighted by atomic mass is 9.89. The van der Waals surface area contributed by atoms with Gasteiger partial charge in [0.1, 0.15) is 5.69 Å². The second-order valence-electron chi connectivity index (χ2n) is 19.2. The number of amides is 4. The van der Waals surface area contributed by atoms with Crippen molar-refractivity contribution in [2.24, 2.45) is 11.8 Å². The molecule has 2 saturated carbocycles. The van der Waals surface area contributed by atoms with Crippen LogP contribution < -0.4 is 31.6 Å². The van der Waals surface area contributed by atoms with Crippen molar-refractivity contribution in [2.75, 3.05) is 37.4 Å². The number of anilines is 2. The molecule has 5 N–H and O–H groups in total. The molecule has 77 heavy (non-hydrogen) atoms. The summed E-state index contributed by atoms with van der Waals surface area (Å²) >= 11 is 0. The quantitative estimate of drug-likeness (QED) is 0.0548. The van der Waals surface area contributed by atoms with Crippen LogP contribution in [-0.2, 0) is 22.6 Å². The Balaban J connectivity index is 0.000000189. The molecule has 4 heterocycles. The Morgan fingerprint density at radius 3 is 1.61 bits per heavy atom. The van der Waals surface area contributed by atoms with Crippen molar-refractivity contribution < 1.29 is 33.4 Å². The predicted octanol–water partition coefficient (Wildman–Crippen LogP) is 7.72. The van der Waals surface area contributed by atoms with Crippen LogP contribution in [0.15, 0.2) is 127 Å². The fourth-order valence-electron chi connectivity index (χ4n) is 9.93. The highest BCUT2D eigenvalue weighted by molar-refractivity contribution is 6.16. The van der Waals surface area contributed by atoms with Gasteiger partial charge in [-0.05, 0) is 94.5 Å². The van der Waals surface area contributed by atoms with Gasteiger partial charge in [0.2, 0.25) is 11.4 Å². The molecule has 20 nitrogen and oxygen atoms in total. The fraction of sp³-hybridized carbons (Fsp3) is 0.316. The first-order valence-electron chi connectivity index (χ1n) is 25.9. The summed E-state index contributed by atoms with van der Waals surface area (Å²) in [5.74, 6) is -1.24. The van der Waals surface area contributed by atoms with Crippen molar-refractivity contribution in [3.05, 3.63) is 166 Å². The van der Waals surface area contributed by atoms with E-state index in [1.807, 2.05) is 60.7 Å². The second-order valence-corrected chi connectivity index (χ2v) is 19.2. The first-order chi connectivity index (χ1) is 37.6. The van der Waals surface area contributed by atoms with Gasteiger partial charge in [0, 0.05) is 48.7 Å². The van der Waals surface area contributed by atoms with Crippen molar-refractivity contribution in [3.8, 4) is 5.88 Å². The number of esters is 1. The molecule has 4 aromatic heterocycles. The molecule has 0 radical (unpaired) electrons. The van der Waals surface area contributed by atoms with Gasteiger partial charge in [-0.15, -0.1) is 10.2 Å². The number of nitrogens with zero attached hydrogens (tertiary/aromatic N) is 7. The van der Waals surface area contributed by atoms with Crippen LogP contribution in [0.1, 0.15) is 117 Å². The number of nitrogens with one attached hydrogen (secondary N) is 5. The second kappa shape index (κ2) is 25.4. The number of fused-ring (bicyclic) bond motifs is 2.